The second kappa shape index (κ2) is 7.60. The van der Waals surface area contributed by atoms with Crippen molar-refractivity contribution in [2.24, 2.45) is 0 Å². The second-order valence-corrected chi connectivity index (χ2v) is 6.70. The lowest BCUT2D eigenvalue weighted by atomic mass is 10.1. The van der Waals surface area contributed by atoms with Crippen LogP contribution in [0.3, 0.4) is 0 Å². The number of esters is 1. The van der Waals surface area contributed by atoms with Crippen LogP contribution < -0.4 is 10.1 Å². The summed E-state index contributed by atoms with van der Waals surface area (Å²) in [5.41, 5.74) is 1.90. The number of aromatic nitrogens is 3. The van der Waals surface area contributed by atoms with Crippen molar-refractivity contribution in [2.75, 3.05) is 5.32 Å². The van der Waals surface area contributed by atoms with E-state index in [2.05, 4.69) is 20.3 Å². The minimum Gasteiger partial charge on any atom is -0.422 e. The number of anilines is 2. The Kier molecular flexibility index (Phi) is 4.50. The minimum atomic E-state index is -0.519. The van der Waals surface area contributed by atoms with Crippen molar-refractivity contribution in [1.82, 2.24) is 15.0 Å². The summed E-state index contributed by atoms with van der Waals surface area (Å²) >= 11 is 0. The predicted octanol–water partition coefficient (Wildman–Crippen LogP) is 5.14. The Balaban J connectivity index is 1.45. The van der Waals surface area contributed by atoms with Crippen molar-refractivity contribution in [3.8, 4) is 5.75 Å². The van der Waals surface area contributed by atoms with Crippen molar-refractivity contribution in [2.45, 2.75) is 0 Å². The fourth-order valence-corrected chi connectivity index (χ4v) is 3.21. The van der Waals surface area contributed by atoms with E-state index in [1.807, 2.05) is 54.6 Å². The zero-order valence-electron chi connectivity index (χ0n) is 15.8. The monoisotopic (exact) mass is 392 g/mol. The molecule has 5 aromatic rings. The van der Waals surface area contributed by atoms with Gasteiger partial charge in [-0.1, -0.05) is 42.5 Å². The molecular formula is C24H16N4O2. The Morgan fingerprint density at radius 3 is 2.47 bits per heavy atom. The number of fused-ring (bicyclic) bond motifs is 2. The van der Waals surface area contributed by atoms with Crippen LogP contribution in [0, 0.1) is 0 Å². The third-order valence-corrected chi connectivity index (χ3v) is 4.69. The molecule has 0 bridgehead atoms. The number of benzene rings is 3. The smallest absolute Gasteiger partial charge is 0.362 e. The second-order valence-electron chi connectivity index (χ2n) is 6.70. The SMILES string of the molecule is O=C(Oc1ccc2ncnc(Nc3ccccc3)c2c1)c1cc2ccccc2cn1. The van der Waals surface area contributed by atoms with Crippen LogP contribution in [0.25, 0.3) is 21.7 Å². The van der Waals surface area contributed by atoms with Crippen molar-refractivity contribution < 1.29 is 9.53 Å². The number of hydrogen-bond donors (Lipinski definition) is 1. The fourth-order valence-electron chi connectivity index (χ4n) is 3.21. The quantitative estimate of drug-likeness (QED) is 0.337. The fraction of sp³-hybridized carbons (Fsp3) is 0. The lowest BCUT2D eigenvalue weighted by Crippen LogP contribution is -2.10. The van der Waals surface area contributed by atoms with Crippen LogP contribution >= 0.6 is 0 Å². The van der Waals surface area contributed by atoms with Gasteiger partial charge in [0.05, 0.1) is 5.52 Å². The van der Waals surface area contributed by atoms with Gasteiger partial charge in [-0.25, -0.2) is 19.7 Å². The number of carbonyl (C=O) groups excluding carboxylic acids is 1. The van der Waals surface area contributed by atoms with Crippen LogP contribution in [0.15, 0.2) is 91.4 Å². The van der Waals surface area contributed by atoms with Crippen LogP contribution in [-0.4, -0.2) is 20.9 Å². The molecule has 2 aromatic heterocycles. The van der Waals surface area contributed by atoms with E-state index in [1.54, 1.807) is 30.5 Å². The first kappa shape index (κ1) is 17.8. The normalized spacial score (nSPS) is 10.8. The van der Waals surface area contributed by atoms with Crippen molar-refractivity contribution >= 4 is 39.1 Å². The molecule has 1 N–H and O–H groups in total. The molecule has 0 amide bonds. The van der Waals surface area contributed by atoms with E-state index >= 15 is 0 Å². The summed E-state index contributed by atoms with van der Waals surface area (Å²) < 4.78 is 5.58. The van der Waals surface area contributed by atoms with Gasteiger partial charge in [-0.3, -0.25) is 0 Å². The maximum Gasteiger partial charge on any atom is 0.362 e. The Bertz CT molecular complexity index is 1370. The maximum absolute atomic E-state index is 12.6. The highest BCUT2D eigenvalue weighted by Crippen LogP contribution is 2.27. The zero-order valence-corrected chi connectivity index (χ0v) is 15.8. The largest absolute Gasteiger partial charge is 0.422 e. The summed E-state index contributed by atoms with van der Waals surface area (Å²) in [4.78, 5) is 25.5. The third kappa shape index (κ3) is 3.54. The van der Waals surface area contributed by atoms with E-state index in [-0.39, 0.29) is 5.69 Å². The molecule has 0 aliphatic carbocycles. The highest BCUT2D eigenvalue weighted by molar-refractivity contribution is 5.95. The van der Waals surface area contributed by atoms with Gasteiger partial charge in [-0.15, -0.1) is 0 Å². The first-order valence-corrected chi connectivity index (χ1v) is 9.40. The van der Waals surface area contributed by atoms with Gasteiger partial charge in [0.2, 0.25) is 0 Å². The van der Waals surface area contributed by atoms with Gasteiger partial charge in [0.15, 0.2) is 0 Å². The molecule has 6 nitrogen and oxygen atoms in total. The molecule has 6 heteroatoms. The van der Waals surface area contributed by atoms with Gasteiger partial charge in [0, 0.05) is 22.7 Å². The van der Waals surface area contributed by atoms with Crippen molar-refractivity contribution in [3.05, 3.63) is 97.1 Å². The van der Waals surface area contributed by atoms with Crippen LogP contribution in [0.1, 0.15) is 10.5 Å². The number of nitrogens with zero attached hydrogens (tertiary/aromatic N) is 3. The van der Waals surface area contributed by atoms with Crippen LogP contribution in [0.4, 0.5) is 11.5 Å². The Hall–Kier alpha value is -4.32. The van der Waals surface area contributed by atoms with Gasteiger partial charge in [-0.2, -0.15) is 0 Å². The molecule has 0 radical (unpaired) electrons. The first-order valence-electron chi connectivity index (χ1n) is 9.40. The molecule has 0 aliphatic heterocycles. The van der Waals surface area contributed by atoms with Gasteiger partial charge in [-0.05, 0) is 41.8 Å². The van der Waals surface area contributed by atoms with Gasteiger partial charge in [0.1, 0.15) is 23.6 Å². The molecule has 5 rings (SSSR count). The summed E-state index contributed by atoms with van der Waals surface area (Å²) in [6.45, 7) is 0. The van der Waals surface area contributed by atoms with E-state index in [9.17, 15) is 4.79 Å². The highest BCUT2D eigenvalue weighted by atomic mass is 16.5. The number of carbonyl (C=O) groups is 1. The number of hydrogen-bond acceptors (Lipinski definition) is 6. The standard InChI is InChI=1S/C24H16N4O2/c29-24(22-12-16-6-4-5-7-17(16)14-25-22)30-19-10-11-21-20(13-19)23(27-15-26-21)28-18-8-2-1-3-9-18/h1-15H,(H,26,27,28). The van der Waals surface area contributed by atoms with Gasteiger partial charge in [0.25, 0.3) is 0 Å². The molecule has 0 spiro atoms. The summed E-state index contributed by atoms with van der Waals surface area (Å²) in [6, 6.07) is 24.4. The Morgan fingerprint density at radius 1 is 0.800 bits per heavy atom. The average molecular weight is 392 g/mol. The van der Waals surface area contributed by atoms with Crippen LogP contribution in [0.5, 0.6) is 5.75 Å². The highest BCUT2D eigenvalue weighted by Gasteiger charge is 2.13. The van der Waals surface area contributed by atoms with Crippen molar-refractivity contribution in [1.29, 1.82) is 0 Å². The molecule has 2 heterocycles. The Morgan fingerprint density at radius 2 is 1.60 bits per heavy atom. The van der Waals surface area contributed by atoms with E-state index < -0.39 is 5.97 Å². The lowest BCUT2D eigenvalue weighted by molar-refractivity contribution is 0.0729. The molecule has 0 saturated carbocycles. The van der Waals surface area contributed by atoms with E-state index in [4.69, 9.17) is 4.74 Å². The van der Waals surface area contributed by atoms with Gasteiger partial charge >= 0.3 is 5.97 Å². The molecule has 0 saturated heterocycles. The number of nitrogens with one attached hydrogen (secondary N) is 1. The van der Waals surface area contributed by atoms with Gasteiger partial charge < -0.3 is 10.1 Å². The molecule has 3 aromatic carbocycles. The number of ether oxygens (including phenoxy) is 1. The number of pyridine rings is 1. The Labute approximate surface area is 172 Å². The van der Waals surface area contributed by atoms with E-state index in [0.29, 0.717) is 11.6 Å². The molecule has 0 fully saturated rings. The van der Waals surface area contributed by atoms with Crippen LogP contribution in [-0.2, 0) is 0 Å². The molecular weight excluding hydrogens is 376 g/mol. The summed E-state index contributed by atoms with van der Waals surface area (Å²) in [5, 5.41) is 5.92. The number of rotatable bonds is 4. The molecule has 30 heavy (non-hydrogen) atoms. The summed E-state index contributed by atoms with van der Waals surface area (Å²) in [7, 11) is 0. The molecule has 0 unspecified atom stereocenters. The lowest BCUT2D eigenvalue weighted by Gasteiger charge is -2.10. The predicted molar refractivity (Wildman–Crippen MR) is 116 cm³/mol. The minimum absolute atomic E-state index is 0.251. The molecule has 144 valence electrons. The van der Waals surface area contributed by atoms with Crippen LogP contribution in [0.2, 0.25) is 0 Å². The summed E-state index contributed by atoms with van der Waals surface area (Å²) in [6.07, 6.45) is 3.17. The number of para-hydroxylation sites is 1. The van der Waals surface area contributed by atoms with E-state index in [1.165, 1.54) is 6.33 Å². The maximum atomic E-state index is 12.6. The molecule has 0 aliphatic rings. The average Bonchev–Trinajstić information content (AvgIpc) is 2.80. The third-order valence-electron chi connectivity index (χ3n) is 4.69. The summed E-state index contributed by atoms with van der Waals surface area (Å²) in [5.74, 6) is 0.510. The van der Waals surface area contributed by atoms with E-state index in [0.717, 1.165) is 27.4 Å². The molecule has 0 atom stereocenters. The van der Waals surface area contributed by atoms with Crippen molar-refractivity contribution in [3.63, 3.8) is 0 Å². The topological polar surface area (TPSA) is 77.0 Å². The first-order chi connectivity index (χ1) is 14.8. The zero-order chi connectivity index (χ0) is 20.3.